The van der Waals surface area contributed by atoms with E-state index in [2.05, 4.69) is 30.2 Å². The summed E-state index contributed by atoms with van der Waals surface area (Å²) in [6.45, 7) is 8.14. The summed E-state index contributed by atoms with van der Waals surface area (Å²) in [5, 5.41) is 2.89. The van der Waals surface area contributed by atoms with E-state index in [0.29, 0.717) is 12.3 Å². The van der Waals surface area contributed by atoms with E-state index in [1.807, 2.05) is 31.2 Å². The summed E-state index contributed by atoms with van der Waals surface area (Å²) in [6.07, 6.45) is 6.32. The molecule has 1 saturated heterocycles. The largest absolute Gasteiger partial charge is 0.460 e. The van der Waals surface area contributed by atoms with Crippen molar-refractivity contribution < 1.29 is 23.5 Å². The van der Waals surface area contributed by atoms with Gasteiger partial charge in [-0.2, -0.15) is 0 Å². The first kappa shape index (κ1) is 24.9. The smallest absolute Gasteiger partial charge is 0.408 e. The number of esters is 1. The van der Waals surface area contributed by atoms with Crippen LogP contribution in [-0.4, -0.2) is 35.3 Å². The third kappa shape index (κ3) is 4.81. The minimum atomic E-state index is -1.11. The molecule has 1 amide bonds. The average Bonchev–Trinajstić information content (AvgIpc) is 3.06. The Bertz CT molecular complexity index is 1100. The van der Waals surface area contributed by atoms with Crippen molar-refractivity contribution >= 4 is 18.1 Å². The van der Waals surface area contributed by atoms with Gasteiger partial charge < -0.3 is 14.8 Å². The number of aromatic nitrogens is 1. The molecule has 1 aromatic carbocycles. The molecule has 2 heterocycles. The highest BCUT2D eigenvalue weighted by Gasteiger charge is 2.63. The third-order valence-corrected chi connectivity index (χ3v) is 7.52. The van der Waals surface area contributed by atoms with E-state index >= 15 is 0 Å². The lowest BCUT2D eigenvalue weighted by molar-refractivity contribution is -0.146. The van der Waals surface area contributed by atoms with Crippen molar-refractivity contribution in [3.05, 3.63) is 60.2 Å². The fourth-order valence-corrected chi connectivity index (χ4v) is 6.07. The fourth-order valence-electron chi connectivity index (χ4n) is 6.07. The number of hydrogen-bond acceptors (Lipinski definition) is 5. The van der Waals surface area contributed by atoms with Crippen LogP contribution in [0.3, 0.4) is 0 Å². The molecule has 6 nitrogen and oxygen atoms in total. The number of cyclic esters (lactones) is 1. The first-order valence-electron chi connectivity index (χ1n) is 12.3. The number of alkyl carbamates (subject to hydrolysis) is 1. The number of hydrogen-bond donors (Lipinski definition) is 1. The molecule has 6 atom stereocenters. The van der Waals surface area contributed by atoms with Gasteiger partial charge in [0, 0.05) is 17.7 Å². The molecule has 1 aliphatic heterocycles. The Morgan fingerprint density at radius 3 is 2.71 bits per heavy atom. The average molecular weight is 481 g/mol. The third-order valence-electron chi connectivity index (χ3n) is 7.52. The van der Waals surface area contributed by atoms with Crippen LogP contribution >= 0.6 is 0 Å². The van der Waals surface area contributed by atoms with Crippen LogP contribution in [0, 0.1) is 29.5 Å². The van der Waals surface area contributed by atoms with Gasteiger partial charge in [0.2, 0.25) is 0 Å². The van der Waals surface area contributed by atoms with Crippen molar-refractivity contribution in [1.29, 1.82) is 0 Å². The zero-order valence-corrected chi connectivity index (χ0v) is 20.7. The highest BCUT2D eigenvalue weighted by atomic mass is 19.1. The van der Waals surface area contributed by atoms with Gasteiger partial charge in [0.1, 0.15) is 17.5 Å². The summed E-state index contributed by atoms with van der Waals surface area (Å²) in [6, 6.07) is 10.2. The maximum Gasteiger partial charge on any atom is 0.408 e. The van der Waals surface area contributed by atoms with Crippen molar-refractivity contribution in [3.8, 4) is 11.1 Å². The van der Waals surface area contributed by atoms with Crippen molar-refractivity contribution in [2.24, 2.45) is 23.7 Å². The molecule has 7 heteroatoms. The Morgan fingerprint density at radius 1 is 1.26 bits per heavy atom. The van der Waals surface area contributed by atoms with Gasteiger partial charge in [-0.05, 0) is 67.9 Å². The quantitative estimate of drug-likeness (QED) is 0.542. The molecule has 2 fully saturated rings. The van der Waals surface area contributed by atoms with Crippen LogP contribution in [0.2, 0.25) is 0 Å². The van der Waals surface area contributed by atoms with Gasteiger partial charge in [-0.3, -0.25) is 4.98 Å². The predicted molar refractivity (Wildman–Crippen MR) is 132 cm³/mol. The number of ether oxygens (including phenoxy) is 2. The molecule has 186 valence electrons. The number of halogens is 1. The van der Waals surface area contributed by atoms with Gasteiger partial charge in [-0.25, -0.2) is 14.0 Å². The van der Waals surface area contributed by atoms with E-state index in [-0.39, 0.29) is 42.3 Å². The minimum absolute atomic E-state index is 0.00294. The molecule has 4 rings (SSSR count). The maximum absolute atomic E-state index is 13.6. The van der Waals surface area contributed by atoms with Gasteiger partial charge in [-0.1, -0.05) is 44.5 Å². The zero-order chi connectivity index (χ0) is 25.2. The van der Waals surface area contributed by atoms with Crippen LogP contribution in [-0.2, 0) is 14.3 Å². The molecule has 35 heavy (non-hydrogen) atoms. The Morgan fingerprint density at radius 2 is 2.06 bits per heavy atom. The molecule has 2 aromatic rings. The molecule has 3 unspecified atom stereocenters. The molecule has 2 aliphatic rings. The Hall–Kier alpha value is -3.22. The van der Waals surface area contributed by atoms with E-state index in [0.717, 1.165) is 23.2 Å². The number of nitrogens with zero attached hydrogens (tertiary/aromatic N) is 1. The summed E-state index contributed by atoms with van der Waals surface area (Å²) in [7, 11) is 0. The van der Waals surface area contributed by atoms with Crippen molar-refractivity contribution in [3.63, 3.8) is 0 Å². The lowest BCUT2D eigenvalue weighted by atomic mass is 9.57. The number of pyridine rings is 1. The van der Waals surface area contributed by atoms with Gasteiger partial charge in [-0.15, -0.1) is 0 Å². The van der Waals surface area contributed by atoms with E-state index in [4.69, 9.17) is 9.47 Å². The van der Waals surface area contributed by atoms with Crippen LogP contribution in [0.5, 0.6) is 0 Å². The SMILES string of the molecule is CCOC(=O)N[C@@]12CC(C)C(CC)C(/C=C/c3ccc(-c4cccc(F)c4)cn3)[C@@H]1[C@@H](C)OC2=O. The van der Waals surface area contributed by atoms with Crippen molar-refractivity contribution in [2.75, 3.05) is 6.61 Å². The number of carbonyl (C=O) groups excluding carboxylic acids is 2. The number of rotatable bonds is 6. The van der Waals surface area contributed by atoms with E-state index in [1.54, 1.807) is 19.2 Å². The van der Waals surface area contributed by atoms with Crippen molar-refractivity contribution in [1.82, 2.24) is 10.3 Å². The fraction of sp³-hybridized carbons (Fsp3) is 0.464. The van der Waals surface area contributed by atoms with Crippen LogP contribution in [0.4, 0.5) is 9.18 Å². The molecule has 1 saturated carbocycles. The van der Waals surface area contributed by atoms with E-state index in [9.17, 15) is 14.0 Å². The standard InChI is InChI=1S/C28H33FN2O4/c1-5-23-17(3)15-28(31-27(33)34-6-2)25(18(4)35-26(28)32)24(23)13-12-22-11-10-20(16-30-22)19-8-7-9-21(29)14-19/h7-14,16-18,23-25H,5-6,15H2,1-4H3,(H,31,33)/b13-12+/t17?,18-,23?,24?,25+,28+/m1/s1. The second-order valence-electron chi connectivity index (χ2n) is 9.63. The van der Waals surface area contributed by atoms with Crippen LogP contribution in [0.1, 0.15) is 46.2 Å². The molecular formula is C28H33FN2O4. The number of carbonyl (C=O) groups is 2. The van der Waals surface area contributed by atoms with Crippen LogP contribution < -0.4 is 5.32 Å². The van der Waals surface area contributed by atoms with Crippen LogP contribution in [0.15, 0.2) is 48.7 Å². The lowest BCUT2D eigenvalue weighted by Gasteiger charge is -2.48. The maximum atomic E-state index is 13.6. The molecule has 1 N–H and O–H groups in total. The summed E-state index contributed by atoms with van der Waals surface area (Å²) in [5.41, 5.74) is 1.26. The number of fused-ring (bicyclic) bond motifs is 1. The van der Waals surface area contributed by atoms with Gasteiger partial charge in [0.15, 0.2) is 0 Å². The first-order chi connectivity index (χ1) is 16.8. The summed E-state index contributed by atoms with van der Waals surface area (Å²) < 4.78 is 24.4. The normalized spacial score (nSPS) is 30.1. The minimum Gasteiger partial charge on any atom is -0.460 e. The number of benzene rings is 1. The molecule has 0 spiro atoms. The first-order valence-corrected chi connectivity index (χ1v) is 12.3. The second-order valence-corrected chi connectivity index (χ2v) is 9.63. The molecule has 1 aromatic heterocycles. The molecule has 0 radical (unpaired) electrons. The Labute approximate surface area is 205 Å². The summed E-state index contributed by atoms with van der Waals surface area (Å²) in [4.78, 5) is 30.1. The topological polar surface area (TPSA) is 77.5 Å². The lowest BCUT2D eigenvalue weighted by Crippen LogP contribution is -2.63. The highest BCUT2D eigenvalue weighted by Crippen LogP contribution is 2.52. The van der Waals surface area contributed by atoms with Crippen LogP contribution in [0.25, 0.3) is 17.2 Å². The second kappa shape index (κ2) is 10.2. The zero-order valence-electron chi connectivity index (χ0n) is 20.7. The highest BCUT2D eigenvalue weighted by molar-refractivity contribution is 5.88. The number of amides is 1. The Balaban J connectivity index is 1.63. The monoisotopic (exact) mass is 480 g/mol. The summed E-state index contributed by atoms with van der Waals surface area (Å²) >= 11 is 0. The summed E-state index contributed by atoms with van der Waals surface area (Å²) in [5.74, 6) is -0.391. The van der Waals surface area contributed by atoms with E-state index in [1.165, 1.54) is 12.1 Å². The molecule has 0 bridgehead atoms. The predicted octanol–water partition coefficient (Wildman–Crippen LogP) is 5.63. The van der Waals surface area contributed by atoms with Gasteiger partial charge >= 0.3 is 12.1 Å². The van der Waals surface area contributed by atoms with Gasteiger partial charge in [0.05, 0.1) is 12.3 Å². The van der Waals surface area contributed by atoms with E-state index < -0.39 is 11.6 Å². The Kier molecular flexibility index (Phi) is 7.24. The number of allylic oxidation sites excluding steroid dienone is 1. The molecule has 1 aliphatic carbocycles. The molecular weight excluding hydrogens is 447 g/mol. The number of nitrogens with one attached hydrogen (secondary N) is 1. The van der Waals surface area contributed by atoms with Crippen molar-refractivity contribution in [2.45, 2.75) is 52.2 Å². The van der Waals surface area contributed by atoms with Gasteiger partial charge in [0.25, 0.3) is 0 Å².